The molecular weight excluding hydrogens is 539 g/mol. The van der Waals surface area contributed by atoms with Gasteiger partial charge in [0.1, 0.15) is 11.6 Å². The summed E-state index contributed by atoms with van der Waals surface area (Å²) in [5.41, 5.74) is -0.167. The van der Waals surface area contributed by atoms with Crippen molar-refractivity contribution in [1.29, 1.82) is 0 Å². The van der Waals surface area contributed by atoms with Crippen molar-refractivity contribution < 1.29 is 17.6 Å². The van der Waals surface area contributed by atoms with Crippen molar-refractivity contribution in [3.63, 3.8) is 0 Å². The molecule has 1 heterocycles. The van der Waals surface area contributed by atoms with E-state index in [1.807, 2.05) is 44.3 Å². The number of hydrogen-bond donors (Lipinski definition) is 2. The van der Waals surface area contributed by atoms with Gasteiger partial charge >= 0.3 is 6.18 Å². The zero-order valence-corrected chi connectivity index (χ0v) is 19.8. The van der Waals surface area contributed by atoms with Crippen molar-refractivity contribution >= 4 is 29.9 Å². The van der Waals surface area contributed by atoms with Crippen LogP contribution >= 0.6 is 24.0 Å². The van der Waals surface area contributed by atoms with Crippen LogP contribution in [0.2, 0.25) is 0 Å². The van der Waals surface area contributed by atoms with E-state index in [4.69, 9.17) is 0 Å². The molecule has 0 saturated heterocycles. The van der Waals surface area contributed by atoms with Gasteiger partial charge in [-0.1, -0.05) is 36.4 Å². The summed E-state index contributed by atoms with van der Waals surface area (Å²) in [6.07, 6.45) is -4.66. The van der Waals surface area contributed by atoms with Crippen molar-refractivity contribution in [1.82, 2.24) is 25.4 Å². The Morgan fingerprint density at radius 1 is 1.03 bits per heavy atom. The van der Waals surface area contributed by atoms with Crippen LogP contribution in [0, 0.1) is 12.7 Å². The van der Waals surface area contributed by atoms with Crippen LogP contribution in [0.25, 0.3) is 0 Å². The molecular formula is C21H23F4IN6. The average Bonchev–Trinajstić information content (AvgIpc) is 3.06. The molecule has 0 bridgehead atoms. The minimum atomic E-state index is -4.66. The predicted octanol–water partition coefficient (Wildman–Crippen LogP) is 4.34. The first-order chi connectivity index (χ1) is 14.7. The highest BCUT2D eigenvalue weighted by molar-refractivity contribution is 14.0. The standard InChI is InChI=1S/C21H22F4N6.HI/c1-14-29-30-19(31(14)2)13-28-20(26-11-15-6-4-3-5-7-15)27-12-16-8-9-17(22)10-18(16)21(23,24)25;/h3-10H,11-13H2,1-2H3,(H2,26,27,28);1H. The molecule has 0 radical (unpaired) electrons. The number of alkyl halides is 3. The van der Waals surface area contributed by atoms with Crippen molar-refractivity contribution in [2.45, 2.75) is 32.7 Å². The number of nitrogens with zero attached hydrogens (tertiary/aromatic N) is 4. The van der Waals surface area contributed by atoms with E-state index in [0.29, 0.717) is 24.4 Å². The monoisotopic (exact) mass is 562 g/mol. The Kier molecular flexibility index (Phi) is 8.99. The summed E-state index contributed by atoms with van der Waals surface area (Å²) in [5, 5.41) is 14.0. The molecule has 0 aliphatic rings. The molecule has 2 N–H and O–H groups in total. The molecule has 0 saturated carbocycles. The number of rotatable bonds is 6. The smallest absolute Gasteiger partial charge is 0.352 e. The minimum Gasteiger partial charge on any atom is -0.352 e. The molecule has 0 aliphatic heterocycles. The van der Waals surface area contributed by atoms with Crippen LogP contribution in [0.5, 0.6) is 0 Å². The van der Waals surface area contributed by atoms with E-state index in [-0.39, 0.29) is 42.6 Å². The summed E-state index contributed by atoms with van der Waals surface area (Å²) in [6.45, 7) is 2.22. The molecule has 0 fully saturated rings. The molecule has 1 aromatic heterocycles. The number of aromatic nitrogens is 3. The third-order valence-electron chi connectivity index (χ3n) is 4.68. The summed E-state index contributed by atoms with van der Waals surface area (Å²) in [5.74, 6) is 0.727. The van der Waals surface area contributed by atoms with Gasteiger partial charge < -0.3 is 15.2 Å². The third kappa shape index (κ3) is 6.90. The van der Waals surface area contributed by atoms with E-state index in [2.05, 4.69) is 25.8 Å². The molecule has 0 unspecified atom stereocenters. The molecule has 0 atom stereocenters. The van der Waals surface area contributed by atoms with Crippen LogP contribution in [0.3, 0.4) is 0 Å². The molecule has 3 aromatic rings. The normalized spacial score (nSPS) is 11.8. The summed E-state index contributed by atoms with van der Waals surface area (Å²) in [6, 6.07) is 12.0. The fraction of sp³-hybridized carbons (Fsp3) is 0.286. The second-order valence-electron chi connectivity index (χ2n) is 6.88. The second kappa shape index (κ2) is 11.2. The van der Waals surface area contributed by atoms with Crippen molar-refractivity contribution in [3.05, 3.63) is 82.7 Å². The third-order valence-corrected chi connectivity index (χ3v) is 4.68. The first-order valence-corrected chi connectivity index (χ1v) is 9.50. The molecule has 3 rings (SSSR count). The van der Waals surface area contributed by atoms with E-state index in [1.165, 1.54) is 0 Å². The van der Waals surface area contributed by atoms with Gasteiger partial charge in [0.05, 0.1) is 18.7 Å². The molecule has 11 heteroatoms. The lowest BCUT2D eigenvalue weighted by Crippen LogP contribution is -2.37. The van der Waals surface area contributed by atoms with Crippen LogP contribution in [-0.2, 0) is 32.9 Å². The molecule has 0 aliphatic carbocycles. The molecule has 6 nitrogen and oxygen atoms in total. The zero-order chi connectivity index (χ0) is 22.4. The minimum absolute atomic E-state index is 0. The largest absolute Gasteiger partial charge is 0.416 e. The van der Waals surface area contributed by atoms with Gasteiger partial charge in [-0.25, -0.2) is 9.38 Å². The highest BCUT2D eigenvalue weighted by Crippen LogP contribution is 2.32. The first-order valence-electron chi connectivity index (χ1n) is 9.50. The van der Waals surface area contributed by atoms with Gasteiger partial charge in [0.25, 0.3) is 0 Å². The SMILES string of the molecule is Cc1nnc(CNC(=NCc2ccccc2)NCc2ccc(F)cc2C(F)(F)F)n1C.I. The summed E-state index contributed by atoms with van der Waals surface area (Å²) >= 11 is 0. The maximum atomic E-state index is 13.4. The van der Waals surface area contributed by atoms with Gasteiger partial charge in [-0.05, 0) is 30.2 Å². The fourth-order valence-corrected chi connectivity index (χ4v) is 2.84. The number of nitrogens with one attached hydrogen (secondary N) is 2. The van der Waals surface area contributed by atoms with Crippen LogP contribution in [-0.4, -0.2) is 20.7 Å². The van der Waals surface area contributed by atoms with E-state index in [9.17, 15) is 17.6 Å². The van der Waals surface area contributed by atoms with Gasteiger partial charge in [-0.2, -0.15) is 13.2 Å². The van der Waals surface area contributed by atoms with Gasteiger partial charge in [0.2, 0.25) is 0 Å². The topological polar surface area (TPSA) is 67.1 Å². The van der Waals surface area contributed by atoms with Gasteiger partial charge in [-0.15, -0.1) is 34.2 Å². The predicted molar refractivity (Wildman–Crippen MR) is 124 cm³/mol. The van der Waals surface area contributed by atoms with E-state index >= 15 is 0 Å². The number of hydrogen-bond acceptors (Lipinski definition) is 3. The average molecular weight is 562 g/mol. The van der Waals surface area contributed by atoms with Crippen molar-refractivity contribution in [3.8, 4) is 0 Å². The van der Waals surface area contributed by atoms with E-state index in [0.717, 1.165) is 23.5 Å². The lowest BCUT2D eigenvalue weighted by Gasteiger charge is -2.16. The van der Waals surface area contributed by atoms with Crippen LogP contribution in [0.1, 0.15) is 28.3 Å². The fourth-order valence-electron chi connectivity index (χ4n) is 2.84. The number of benzene rings is 2. The Balaban J connectivity index is 0.00000363. The van der Waals surface area contributed by atoms with Crippen LogP contribution < -0.4 is 10.6 Å². The van der Waals surface area contributed by atoms with E-state index < -0.39 is 17.6 Å². The first kappa shape index (κ1) is 25.6. The number of aryl methyl sites for hydroxylation is 1. The lowest BCUT2D eigenvalue weighted by molar-refractivity contribution is -0.138. The summed E-state index contributed by atoms with van der Waals surface area (Å²) < 4.78 is 55.0. The maximum absolute atomic E-state index is 13.4. The Labute approximate surface area is 200 Å². The summed E-state index contributed by atoms with van der Waals surface area (Å²) in [7, 11) is 1.81. The van der Waals surface area contributed by atoms with Gasteiger partial charge in [0.15, 0.2) is 11.8 Å². The Bertz CT molecular complexity index is 1050. The van der Waals surface area contributed by atoms with Crippen molar-refractivity contribution in [2.75, 3.05) is 0 Å². The Morgan fingerprint density at radius 2 is 1.72 bits per heavy atom. The maximum Gasteiger partial charge on any atom is 0.416 e. The summed E-state index contributed by atoms with van der Waals surface area (Å²) in [4.78, 5) is 4.45. The molecule has 0 spiro atoms. The number of halogens is 5. The Morgan fingerprint density at radius 3 is 2.34 bits per heavy atom. The second-order valence-corrected chi connectivity index (χ2v) is 6.88. The quantitative estimate of drug-likeness (QED) is 0.203. The molecule has 172 valence electrons. The molecule has 2 aromatic carbocycles. The zero-order valence-electron chi connectivity index (χ0n) is 17.4. The number of aliphatic imine (C=N–C) groups is 1. The van der Waals surface area contributed by atoms with Crippen molar-refractivity contribution in [2.24, 2.45) is 12.0 Å². The molecule has 32 heavy (non-hydrogen) atoms. The van der Waals surface area contributed by atoms with Gasteiger partial charge in [0, 0.05) is 13.6 Å². The molecule has 0 amide bonds. The van der Waals surface area contributed by atoms with Gasteiger partial charge in [-0.3, -0.25) is 0 Å². The van der Waals surface area contributed by atoms with Crippen LogP contribution in [0.4, 0.5) is 17.6 Å². The number of guanidine groups is 1. The lowest BCUT2D eigenvalue weighted by atomic mass is 10.1. The highest BCUT2D eigenvalue weighted by Gasteiger charge is 2.33. The Hall–Kier alpha value is -2.70. The van der Waals surface area contributed by atoms with Crippen LogP contribution in [0.15, 0.2) is 53.5 Å². The van der Waals surface area contributed by atoms with E-state index in [1.54, 1.807) is 4.57 Å². The highest BCUT2D eigenvalue weighted by atomic mass is 127.